The number of aromatic nitrogens is 2. The lowest BCUT2D eigenvalue weighted by molar-refractivity contribution is 0.216. The molecule has 0 atom stereocenters. The lowest BCUT2D eigenvalue weighted by Crippen LogP contribution is -2.22. The Morgan fingerprint density at radius 3 is 2.45 bits per heavy atom. The van der Waals surface area contributed by atoms with Crippen molar-refractivity contribution in [2.45, 2.75) is 6.92 Å². The Labute approximate surface area is 221 Å². The van der Waals surface area contributed by atoms with Gasteiger partial charge in [0.2, 0.25) is 5.43 Å². The quantitative estimate of drug-likeness (QED) is 0.322. The number of aryl methyl sites for hydroxylation is 1. The molecule has 2 heterocycles. The van der Waals surface area contributed by atoms with Crippen LogP contribution in [0.25, 0.3) is 34.3 Å². The molecular weight excluding hydrogens is 503 g/mol. The van der Waals surface area contributed by atoms with Crippen molar-refractivity contribution in [2.24, 2.45) is 7.05 Å². The number of hydrogen-bond acceptors (Lipinski definition) is 5. The molecule has 2 aromatic heterocycles. The number of para-hydroxylation sites is 1. The molecule has 0 fully saturated rings. The molecule has 1 N–H and O–H groups in total. The molecule has 0 unspecified atom stereocenters. The molecule has 0 radical (unpaired) electrons. The largest absolute Gasteiger partial charge is 0.490 e. The summed E-state index contributed by atoms with van der Waals surface area (Å²) >= 11 is 1.33. The summed E-state index contributed by atoms with van der Waals surface area (Å²) in [5.74, 6) is 0.371. The number of rotatable bonds is 7. The summed E-state index contributed by atoms with van der Waals surface area (Å²) in [6, 6.07) is 20.8. The van der Waals surface area contributed by atoms with E-state index in [9.17, 15) is 14.0 Å². The normalized spacial score (nSPS) is 12.0. The van der Waals surface area contributed by atoms with E-state index in [1.807, 2.05) is 54.9 Å². The van der Waals surface area contributed by atoms with Crippen molar-refractivity contribution in [1.29, 1.82) is 0 Å². The van der Waals surface area contributed by atoms with Crippen molar-refractivity contribution in [3.8, 4) is 22.8 Å². The van der Waals surface area contributed by atoms with Crippen LogP contribution in [0.4, 0.5) is 4.39 Å². The zero-order valence-corrected chi connectivity index (χ0v) is 21.7. The van der Waals surface area contributed by atoms with E-state index in [4.69, 9.17) is 9.47 Å². The standard InChI is InChI=1S/C30H25FN2O4S/c1-18(29-30(35)32-19(2)38-29)20-11-13-23(14-12-20)36-15-16-37-28-26(21-7-6-8-22(31)17-21)33(3)25-10-5-4-9-24(25)27(28)34/h4-14,17H,2,15-16H2,1,3H3,(H,32,35)/b29-18+. The van der Waals surface area contributed by atoms with E-state index in [1.54, 1.807) is 24.3 Å². The van der Waals surface area contributed by atoms with Crippen LogP contribution in [-0.2, 0) is 7.05 Å². The number of benzene rings is 3. The highest BCUT2D eigenvalue weighted by Crippen LogP contribution is 2.30. The topological polar surface area (TPSA) is 73.3 Å². The molecule has 0 aliphatic heterocycles. The third-order valence-corrected chi connectivity index (χ3v) is 7.32. The summed E-state index contributed by atoms with van der Waals surface area (Å²) in [4.78, 5) is 28.1. The van der Waals surface area contributed by atoms with Gasteiger partial charge < -0.3 is 19.0 Å². The van der Waals surface area contributed by atoms with E-state index in [-0.39, 0.29) is 30.0 Å². The van der Waals surface area contributed by atoms with Crippen molar-refractivity contribution >= 4 is 34.4 Å². The van der Waals surface area contributed by atoms with Gasteiger partial charge in [0.1, 0.15) is 24.8 Å². The Morgan fingerprint density at radius 1 is 1.00 bits per heavy atom. The monoisotopic (exact) mass is 528 g/mol. The van der Waals surface area contributed by atoms with Crippen molar-refractivity contribution in [3.63, 3.8) is 0 Å². The number of pyridine rings is 1. The maximum Gasteiger partial charge on any atom is 0.266 e. The molecule has 3 aromatic carbocycles. The fraction of sp³-hybridized carbons (Fsp3) is 0.133. The highest BCUT2D eigenvalue weighted by molar-refractivity contribution is 7.07. The average molecular weight is 529 g/mol. The molecule has 5 rings (SSSR count). The Kier molecular flexibility index (Phi) is 6.98. The fourth-order valence-electron chi connectivity index (χ4n) is 4.42. The summed E-state index contributed by atoms with van der Waals surface area (Å²) < 4.78 is 29.0. The van der Waals surface area contributed by atoms with Gasteiger partial charge in [-0.3, -0.25) is 9.59 Å². The predicted octanol–water partition coefficient (Wildman–Crippen LogP) is 4.18. The first-order valence-corrected chi connectivity index (χ1v) is 12.8. The van der Waals surface area contributed by atoms with Crippen molar-refractivity contribution in [1.82, 2.24) is 9.55 Å². The van der Waals surface area contributed by atoms with E-state index in [0.29, 0.717) is 31.6 Å². The van der Waals surface area contributed by atoms with Gasteiger partial charge in [-0.25, -0.2) is 4.39 Å². The average Bonchev–Trinajstić information content (AvgIpc) is 3.26. The summed E-state index contributed by atoms with van der Waals surface area (Å²) in [5, 5.41) is 0.517. The van der Waals surface area contributed by atoms with Gasteiger partial charge in [0.05, 0.1) is 20.4 Å². The van der Waals surface area contributed by atoms with Gasteiger partial charge in [-0.15, -0.1) is 11.3 Å². The molecule has 192 valence electrons. The summed E-state index contributed by atoms with van der Waals surface area (Å²) in [5.41, 5.74) is 3.12. The molecule has 0 bridgehead atoms. The first kappa shape index (κ1) is 25.2. The van der Waals surface area contributed by atoms with Crippen molar-refractivity contribution < 1.29 is 13.9 Å². The van der Waals surface area contributed by atoms with Gasteiger partial charge in [0.15, 0.2) is 5.75 Å². The summed E-state index contributed by atoms with van der Waals surface area (Å²) in [6.07, 6.45) is 0. The zero-order valence-electron chi connectivity index (χ0n) is 20.9. The van der Waals surface area contributed by atoms with E-state index in [2.05, 4.69) is 11.6 Å². The van der Waals surface area contributed by atoms with Gasteiger partial charge in [-0.2, -0.15) is 0 Å². The van der Waals surface area contributed by atoms with E-state index in [0.717, 1.165) is 16.7 Å². The number of ether oxygens (including phenoxy) is 2. The maximum absolute atomic E-state index is 14.1. The fourth-order valence-corrected chi connectivity index (χ4v) is 5.22. The summed E-state index contributed by atoms with van der Waals surface area (Å²) in [7, 11) is 1.83. The minimum absolute atomic E-state index is 0.111. The molecule has 0 aliphatic carbocycles. The van der Waals surface area contributed by atoms with E-state index < -0.39 is 5.82 Å². The molecule has 5 aromatic rings. The van der Waals surface area contributed by atoms with Gasteiger partial charge in [0.25, 0.3) is 5.56 Å². The number of fused-ring (bicyclic) bond motifs is 1. The zero-order chi connectivity index (χ0) is 26.8. The van der Waals surface area contributed by atoms with Gasteiger partial charge >= 0.3 is 0 Å². The van der Waals surface area contributed by atoms with Crippen molar-refractivity contribution in [3.05, 3.63) is 114 Å². The maximum atomic E-state index is 14.1. The van der Waals surface area contributed by atoms with Crippen LogP contribution >= 0.6 is 11.3 Å². The number of thiazole rings is 1. The first-order chi connectivity index (χ1) is 18.3. The molecule has 0 spiro atoms. The SMILES string of the molecule is C=c1[nH]c(=O)/c(=C(/C)c2ccc(OCCOc3c(-c4cccc(F)c4)n(C)c4ccccc4c3=O)cc2)s1. The molecule has 8 heteroatoms. The van der Waals surface area contributed by atoms with Crippen LogP contribution in [0, 0.1) is 5.82 Å². The number of hydrogen-bond donors (Lipinski definition) is 1. The Hall–Kier alpha value is -4.43. The number of H-pyrrole nitrogens is 1. The van der Waals surface area contributed by atoms with Crippen LogP contribution in [0.15, 0.2) is 82.4 Å². The van der Waals surface area contributed by atoms with Crippen LogP contribution in [0.1, 0.15) is 12.5 Å². The highest BCUT2D eigenvalue weighted by Gasteiger charge is 2.18. The van der Waals surface area contributed by atoms with E-state index >= 15 is 0 Å². The third-order valence-electron chi connectivity index (χ3n) is 6.28. The molecule has 0 saturated carbocycles. The van der Waals surface area contributed by atoms with Gasteiger partial charge in [-0.1, -0.05) is 43.0 Å². The second-order valence-corrected chi connectivity index (χ2v) is 9.85. The molecule has 6 nitrogen and oxygen atoms in total. The number of nitrogens with zero attached hydrogens (tertiary/aromatic N) is 1. The Morgan fingerprint density at radius 2 is 1.74 bits per heavy atom. The highest BCUT2D eigenvalue weighted by atomic mass is 32.1. The van der Waals surface area contributed by atoms with Gasteiger partial charge in [-0.05, 0) is 54.5 Å². The second kappa shape index (κ2) is 10.5. The first-order valence-electron chi connectivity index (χ1n) is 12.0. The smallest absolute Gasteiger partial charge is 0.266 e. The van der Waals surface area contributed by atoms with Gasteiger partial charge in [0, 0.05) is 18.0 Å². The lowest BCUT2D eigenvalue weighted by Gasteiger charge is -2.18. The third kappa shape index (κ3) is 4.90. The number of halogens is 1. The summed E-state index contributed by atoms with van der Waals surface area (Å²) in [6.45, 7) is 5.98. The molecule has 0 aliphatic rings. The Bertz CT molecular complexity index is 1870. The van der Waals surface area contributed by atoms with Crippen LogP contribution in [0.3, 0.4) is 0 Å². The second-order valence-electron chi connectivity index (χ2n) is 8.75. The predicted molar refractivity (Wildman–Crippen MR) is 150 cm³/mol. The minimum Gasteiger partial charge on any atom is -0.490 e. The van der Waals surface area contributed by atoms with E-state index in [1.165, 1.54) is 23.5 Å². The number of aromatic amines is 1. The molecule has 38 heavy (non-hydrogen) atoms. The molecular formula is C30H25FN2O4S. The minimum atomic E-state index is -0.399. The molecule has 0 saturated heterocycles. The van der Waals surface area contributed by atoms with Crippen LogP contribution in [-0.4, -0.2) is 22.8 Å². The Balaban J connectivity index is 1.36. The number of nitrogens with one attached hydrogen (secondary N) is 1. The van der Waals surface area contributed by atoms with Crippen LogP contribution < -0.4 is 29.7 Å². The van der Waals surface area contributed by atoms with Crippen LogP contribution in [0.2, 0.25) is 0 Å². The lowest BCUT2D eigenvalue weighted by atomic mass is 10.1. The van der Waals surface area contributed by atoms with Crippen molar-refractivity contribution in [2.75, 3.05) is 13.2 Å². The molecule has 0 amide bonds. The van der Waals surface area contributed by atoms with Crippen LogP contribution in [0.5, 0.6) is 11.5 Å².